The number of hydrogen-bond acceptors (Lipinski definition) is 0. The molecule has 0 radical (unpaired) electrons. The first-order valence-electron chi connectivity index (χ1n) is 3.90. The van der Waals surface area contributed by atoms with Gasteiger partial charge in [-0.15, -0.1) is 23.2 Å². The van der Waals surface area contributed by atoms with Crippen LogP contribution in [0.4, 0.5) is 0 Å². The van der Waals surface area contributed by atoms with E-state index in [2.05, 4.69) is 25.3 Å². The van der Waals surface area contributed by atoms with Crippen molar-refractivity contribution in [2.45, 2.75) is 31.0 Å². The zero-order valence-electron chi connectivity index (χ0n) is 7.38. The maximum atomic E-state index is 5.94. The monoisotopic (exact) mass is 202 g/mol. The fourth-order valence-corrected chi connectivity index (χ4v) is 1.75. The van der Waals surface area contributed by atoms with Gasteiger partial charge in [0, 0.05) is 11.8 Å². The highest BCUT2D eigenvalue weighted by atomic mass is 35.5. The lowest BCUT2D eigenvalue weighted by molar-refractivity contribution is 0.585. The Hall–Kier alpha value is -0.120. The Kier molecular flexibility index (Phi) is 2.47. The number of allylic oxidation sites excluding steroid dienone is 1. The van der Waals surface area contributed by atoms with Gasteiger partial charge in [-0.05, 0) is 18.9 Å². The third-order valence-electron chi connectivity index (χ3n) is 2.15. The van der Waals surface area contributed by atoms with E-state index >= 15 is 0 Å². The van der Waals surface area contributed by atoms with E-state index < -0.39 is 4.33 Å². The zero-order valence-corrected chi connectivity index (χ0v) is 8.89. The predicted molar refractivity (Wildman–Crippen MR) is 54.4 cm³/mol. The molecule has 0 saturated heterocycles. The predicted octanol–water partition coefficient (Wildman–Crippen LogP) is 3.54. The summed E-state index contributed by atoms with van der Waals surface area (Å²) in [6, 6.07) is 0. The van der Waals surface area contributed by atoms with E-state index in [-0.39, 0.29) is 5.41 Å². The molecule has 0 aliphatic heterocycles. The van der Waals surface area contributed by atoms with Crippen molar-refractivity contribution < 1.29 is 0 Å². The Bertz CT molecular complexity index is 267. The lowest BCUT2D eigenvalue weighted by Crippen LogP contribution is -2.02. The summed E-state index contributed by atoms with van der Waals surface area (Å²) < 4.78 is -0.545. The summed E-state index contributed by atoms with van der Waals surface area (Å²) in [5.74, 6) is 5.94. The van der Waals surface area contributed by atoms with Crippen LogP contribution in [-0.4, -0.2) is 4.33 Å². The average Bonchev–Trinajstić information content (AvgIpc) is 2.30. The highest BCUT2D eigenvalue weighted by Gasteiger charge is 2.62. The molecule has 1 saturated carbocycles. The van der Waals surface area contributed by atoms with Gasteiger partial charge in [0.15, 0.2) is 0 Å². The first-order valence-corrected chi connectivity index (χ1v) is 4.65. The first-order chi connectivity index (χ1) is 5.37. The molecule has 1 aliphatic carbocycles. The minimum Gasteiger partial charge on any atom is -0.101 e. The Morgan fingerprint density at radius 1 is 1.58 bits per heavy atom. The van der Waals surface area contributed by atoms with E-state index in [0.717, 1.165) is 18.4 Å². The van der Waals surface area contributed by atoms with Gasteiger partial charge in [0.05, 0.1) is 0 Å². The Morgan fingerprint density at radius 2 is 2.08 bits per heavy atom. The molecule has 12 heavy (non-hydrogen) atoms. The highest BCUT2D eigenvalue weighted by Crippen LogP contribution is 2.65. The smallest absolute Gasteiger partial charge is 0.101 e. The molecule has 0 aromatic heterocycles. The zero-order chi connectivity index (χ0) is 9.41. The summed E-state index contributed by atoms with van der Waals surface area (Å²) in [6.07, 6.45) is 1.60. The molecule has 1 unspecified atom stereocenters. The molecule has 0 heterocycles. The van der Waals surface area contributed by atoms with Gasteiger partial charge in [0.2, 0.25) is 0 Å². The maximum Gasteiger partial charge on any atom is 0.125 e. The van der Waals surface area contributed by atoms with Gasteiger partial charge in [0.25, 0.3) is 0 Å². The van der Waals surface area contributed by atoms with Crippen molar-refractivity contribution in [2.24, 2.45) is 5.41 Å². The van der Waals surface area contributed by atoms with Gasteiger partial charge < -0.3 is 0 Å². The molecule has 0 spiro atoms. The lowest BCUT2D eigenvalue weighted by Gasteiger charge is -2.05. The van der Waals surface area contributed by atoms with Crippen LogP contribution in [0.2, 0.25) is 0 Å². The highest BCUT2D eigenvalue weighted by molar-refractivity contribution is 6.51. The van der Waals surface area contributed by atoms with Crippen LogP contribution in [0.15, 0.2) is 12.2 Å². The molecule has 0 amide bonds. The van der Waals surface area contributed by atoms with Gasteiger partial charge in [-0.1, -0.05) is 25.3 Å². The van der Waals surface area contributed by atoms with Crippen LogP contribution in [0, 0.1) is 17.3 Å². The van der Waals surface area contributed by atoms with E-state index in [9.17, 15) is 0 Å². The summed E-state index contributed by atoms with van der Waals surface area (Å²) in [4.78, 5) is 0. The molecular formula is C10H12Cl2. The number of halogens is 2. The van der Waals surface area contributed by atoms with Gasteiger partial charge >= 0.3 is 0 Å². The quantitative estimate of drug-likeness (QED) is 0.451. The second-order valence-electron chi connectivity index (χ2n) is 3.70. The summed E-state index contributed by atoms with van der Waals surface area (Å²) >= 11 is 11.9. The van der Waals surface area contributed by atoms with E-state index in [1.165, 1.54) is 0 Å². The van der Waals surface area contributed by atoms with Crippen LogP contribution >= 0.6 is 23.2 Å². The fraction of sp³-hybridized carbons (Fsp3) is 0.600. The standard InChI is InChI=1S/C10H12Cl2/c1-8(2)5-4-6-9(3)7-10(9,11)12/h1,6-7H2,2-3H3. The fourth-order valence-electron chi connectivity index (χ4n) is 1.03. The molecule has 1 rings (SSSR count). The minimum absolute atomic E-state index is 0.00143. The summed E-state index contributed by atoms with van der Waals surface area (Å²) in [6.45, 7) is 7.63. The van der Waals surface area contributed by atoms with Crippen LogP contribution in [0.3, 0.4) is 0 Å². The second-order valence-corrected chi connectivity index (χ2v) is 5.18. The third-order valence-corrected chi connectivity index (χ3v) is 3.33. The van der Waals surface area contributed by atoms with E-state index in [4.69, 9.17) is 23.2 Å². The Morgan fingerprint density at radius 3 is 2.42 bits per heavy atom. The molecule has 1 atom stereocenters. The van der Waals surface area contributed by atoms with Gasteiger partial charge in [0.1, 0.15) is 4.33 Å². The van der Waals surface area contributed by atoms with Crippen molar-refractivity contribution in [3.8, 4) is 11.8 Å². The molecule has 0 aromatic rings. The molecule has 0 N–H and O–H groups in total. The Labute approximate surface area is 83.9 Å². The third kappa shape index (κ3) is 1.97. The second kappa shape index (κ2) is 2.98. The first kappa shape index (κ1) is 9.96. The summed E-state index contributed by atoms with van der Waals surface area (Å²) in [7, 11) is 0. The van der Waals surface area contributed by atoms with Crippen LogP contribution < -0.4 is 0 Å². The molecule has 0 bridgehead atoms. The number of hydrogen-bond donors (Lipinski definition) is 0. The molecular weight excluding hydrogens is 191 g/mol. The minimum atomic E-state index is -0.545. The SMILES string of the molecule is C=C(C)C#CCC1(C)CC1(Cl)Cl. The summed E-state index contributed by atoms with van der Waals surface area (Å²) in [5, 5.41) is 0. The normalized spacial score (nSPS) is 30.3. The van der Waals surface area contributed by atoms with Crippen molar-refractivity contribution in [3.63, 3.8) is 0 Å². The van der Waals surface area contributed by atoms with Crippen molar-refractivity contribution in [2.75, 3.05) is 0 Å². The molecule has 2 heteroatoms. The van der Waals surface area contributed by atoms with Gasteiger partial charge in [-0.2, -0.15) is 0 Å². The lowest BCUT2D eigenvalue weighted by atomic mass is 10.1. The molecule has 0 aromatic carbocycles. The van der Waals surface area contributed by atoms with E-state index in [1.54, 1.807) is 0 Å². The van der Waals surface area contributed by atoms with Crippen LogP contribution in [-0.2, 0) is 0 Å². The van der Waals surface area contributed by atoms with Crippen molar-refractivity contribution in [1.29, 1.82) is 0 Å². The van der Waals surface area contributed by atoms with Crippen molar-refractivity contribution >= 4 is 23.2 Å². The molecule has 1 fully saturated rings. The number of rotatable bonds is 1. The van der Waals surface area contributed by atoms with Crippen molar-refractivity contribution in [1.82, 2.24) is 0 Å². The van der Waals surface area contributed by atoms with E-state index in [1.807, 2.05) is 6.92 Å². The molecule has 66 valence electrons. The van der Waals surface area contributed by atoms with Gasteiger partial charge in [-0.25, -0.2) is 0 Å². The van der Waals surface area contributed by atoms with Crippen LogP contribution in [0.1, 0.15) is 26.7 Å². The number of alkyl halides is 2. The average molecular weight is 203 g/mol. The topological polar surface area (TPSA) is 0 Å². The van der Waals surface area contributed by atoms with Crippen LogP contribution in [0.25, 0.3) is 0 Å². The van der Waals surface area contributed by atoms with Crippen LogP contribution in [0.5, 0.6) is 0 Å². The summed E-state index contributed by atoms with van der Waals surface area (Å²) in [5.41, 5.74) is 0.882. The van der Waals surface area contributed by atoms with Gasteiger partial charge in [-0.3, -0.25) is 0 Å². The molecule has 1 aliphatic rings. The molecule has 0 nitrogen and oxygen atoms in total. The largest absolute Gasteiger partial charge is 0.125 e. The Balaban J connectivity index is 2.47. The van der Waals surface area contributed by atoms with E-state index in [0.29, 0.717) is 0 Å². The maximum absolute atomic E-state index is 5.94. The van der Waals surface area contributed by atoms with Crippen molar-refractivity contribution in [3.05, 3.63) is 12.2 Å².